The molecule has 2 aromatic rings. The number of hydrogen-bond donors (Lipinski definition) is 2. The van der Waals surface area contributed by atoms with Crippen molar-refractivity contribution in [3.63, 3.8) is 0 Å². The van der Waals surface area contributed by atoms with E-state index in [0.29, 0.717) is 12.8 Å². The number of nitrogens with zero attached hydrogens (tertiary/aromatic N) is 2. The standard InChI is InChI=1S/C45H64N2O4/c1-44(2)36-26-19-21-28-38(36)46(34-23-15-11-7-5-9-13-17-32-42(48)49)40(44)30-25-31-41-45(3,4)37-27-20-22-29-39(37)47(41)35-24-16-12-8-6-10-14-18-33-43(50)51/h19-22,25-31H,5-18,23-24,32-35H2,1-4H3,(H-,48,49,50,51)/p+1. The number of carboxylic acid groups (broad SMARTS) is 2. The molecule has 0 unspecified atom stereocenters. The van der Waals surface area contributed by atoms with Crippen LogP contribution in [0.4, 0.5) is 11.4 Å². The first-order valence-corrected chi connectivity index (χ1v) is 20.0. The number of allylic oxidation sites excluding steroid dienone is 4. The second-order valence-electron chi connectivity index (χ2n) is 15.8. The zero-order valence-electron chi connectivity index (χ0n) is 32.1. The van der Waals surface area contributed by atoms with Gasteiger partial charge in [-0.25, -0.2) is 0 Å². The number of aliphatic carboxylic acids is 2. The van der Waals surface area contributed by atoms with E-state index in [2.05, 4.69) is 104 Å². The van der Waals surface area contributed by atoms with E-state index >= 15 is 0 Å². The minimum absolute atomic E-state index is 0.0777. The summed E-state index contributed by atoms with van der Waals surface area (Å²) < 4.78 is 2.56. The van der Waals surface area contributed by atoms with Crippen LogP contribution in [0.1, 0.15) is 154 Å². The Morgan fingerprint density at radius 1 is 0.627 bits per heavy atom. The van der Waals surface area contributed by atoms with E-state index in [0.717, 1.165) is 64.5 Å². The molecule has 2 N–H and O–H groups in total. The van der Waals surface area contributed by atoms with Gasteiger partial charge >= 0.3 is 11.9 Å². The van der Waals surface area contributed by atoms with Crippen LogP contribution < -0.4 is 4.90 Å². The van der Waals surface area contributed by atoms with Crippen molar-refractivity contribution in [2.45, 2.75) is 154 Å². The molecule has 0 spiro atoms. The summed E-state index contributed by atoms with van der Waals surface area (Å²) in [5, 5.41) is 17.7. The van der Waals surface area contributed by atoms with Gasteiger partial charge in [0, 0.05) is 60.3 Å². The third-order valence-electron chi connectivity index (χ3n) is 11.2. The van der Waals surface area contributed by atoms with Gasteiger partial charge in [0.15, 0.2) is 5.71 Å². The molecule has 2 aliphatic rings. The van der Waals surface area contributed by atoms with E-state index in [1.807, 2.05) is 0 Å². The van der Waals surface area contributed by atoms with E-state index in [1.54, 1.807) is 0 Å². The van der Waals surface area contributed by atoms with Gasteiger partial charge in [0.1, 0.15) is 6.54 Å². The molecule has 0 fully saturated rings. The molecule has 0 aromatic heterocycles. The molecule has 0 aliphatic carbocycles. The SMILES string of the molecule is CC1(C)C(=C/C=C/C2=[N+](CCCCCCCCCCC(=O)O)c3ccccc3C2(C)C)N(CCCCCCCCCCC(=O)O)c2ccccc21. The number of anilines is 1. The Bertz CT molecular complexity index is 1530. The number of para-hydroxylation sites is 2. The molecule has 6 heteroatoms. The van der Waals surface area contributed by atoms with Crippen molar-refractivity contribution < 1.29 is 24.4 Å². The molecule has 0 amide bonds. The summed E-state index contributed by atoms with van der Waals surface area (Å²) in [4.78, 5) is 24.0. The maximum absolute atomic E-state index is 10.7. The molecular weight excluding hydrogens is 633 g/mol. The molecule has 2 heterocycles. The van der Waals surface area contributed by atoms with Gasteiger partial charge in [-0.1, -0.05) is 127 Å². The number of hydrogen-bond acceptors (Lipinski definition) is 3. The zero-order chi connectivity index (χ0) is 36.7. The molecule has 6 nitrogen and oxygen atoms in total. The first-order chi connectivity index (χ1) is 24.5. The monoisotopic (exact) mass is 697 g/mol. The maximum atomic E-state index is 10.7. The lowest BCUT2D eigenvalue weighted by Crippen LogP contribution is -2.28. The van der Waals surface area contributed by atoms with Crippen LogP contribution in [-0.4, -0.2) is 45.5 Å². The third kappa shape index (κ3) is 11.2. The van der Waals surface area contributed by atoms with Crippen molar-refractivity contribution in [3.8, 4) is 0 Å². The number of unbranched alkanes of at least 4 members (excludes halogenated alkanes) is 14. The summed E-state index contributed by atoms with van der Waals surface area (Å²) in [5.74, 6) is -1.37. The highest BCUT2D eigenvalue weighted by molar-refractivity contribution is 6.03. The molecule has 0 bridgehead atoms. The van der Waals surface area contributed by atoms with Crippen molar-refractivity contribution in [2.24, 2.45) is 0 Å². The number of carbonyl (C=O) groups is 2. The van der Waals surface area contributed by atoms with Gasteiger partial charge < -0.3 is 15.1 Å². The van der Waals surface area contributed by atoms with Crippen LogP contribution in [0.3, 0.4) is 0 Å². The molecular formula is C45H65N2O4+. The lowest BCUT2D eigenvalue weighted by molar-refractivity contribution is -0.438. The van der Waals surface area contributed by atoms with Gasteiger partial charge in [0.2, 0.25) is 5.69 Å². The van der Waals surface area contributed by atoms with Crippen molar-refractivity contribution >= 4 is 29.0 Å². The first kappa shape index (κ1) is 40.1. The minimum atomic E-state index is -0.683. The number of carboxylic acids is 2. The van der Waals surface area contributed by atoms with E-state index in [4.69, 9.17) is 10.2 Å². The highest BCUT2D eigenvalue weighted by Gasteiger charge is 2.44. The molecule has 2 aliphatic heterocycles. The summed E-state index contributed by atoms with van der Waals surface area (Å²) in [5.41, 5.74) is 8.04. The van der Waals surface area contributed by atoms with E-state index in [9.17, 15) is 9.59 Å². The quantitative estimate of drug-likeness (QED) is 0.0843. The van der Waals surface area contributed by atoms with Crippen molar-refractivity contribution in [2.75, 3.05) is 18.0 Å². The van der Waals surface area contributed by atoms with E-state index in [1.165, 1.54) is 85.3 Å². The zero-order valence-corrected chi connectivity index (χ0v) is 32.1. The van der Waals surface area contributed by atoms with Gasteiger partial charge in [-0.3, -0.25) is 9.59 Å². The summed E-state index contributed by atoms with van der Waals surface area (Å²) in [7, 11) is 0. The fourth-order valence-corrected chi connectivity index (χ4v) is 8.21. The molecule has 2 aromatic carbocycles. The summed E-state index contributed by atoms with van der Waals surface area (Å²) in [6.07, 6.45) is 25.6. The first-order valence-electron chi connectivity index (χ1n) is 20.0. The molecule has 0 atom stereocenters. The largest absolute Gasteiger partial charge is 0.481 e. The molecule has 51 heavy (non-hydrogen) atoms. The van der Waals surface area contributed by atoms with Gasteiger partial charge in [0.25, 0.3) is 0 Å². The highest BCUT2D eigenvalue weighted by Crippen LogP contribution is 2.48. The lowest BCUT2D eigenvalue weighted by Gasteiger charge is -2.27. The van der Waals surface area contributed by atoms with Gasteiger partial charge in [-0.05, 0) is 57.2 Å². The fourth-order valence-electron chi connectivity index (χ4n) is 8.21. The van der Waals surface area contributed by atoms with Crippen LogP contribution in [0.2, 0.25) is 0 Å². The topological polar surface area (TPSA) is 80.9 Å². The highest BCUT2D eigenvalue weighted by atomic mass is 16.4. The molecule has 0 saturated heterocycles. The summed E-state index contributed by atoms with van der Waals surface area (Å²) in [6.45, 7) is 11.5. The smallest absolute Gasteiger partial charge is 0.303 e. The van der Waals surface area contributed by atoms with Crippen LogP contribution in [0.25, 0.3) is 0 Å². The Kier molecular flexibility index (Phi) is 15.6. The average molecular weight is 698 g/mol. The molecule has 278 valence electrons. The van der Waals surface area contributed by atoms with Crippen LogP contribution >= 0.6 is 0 Å². The Labute approximate surface area is 308 Å². The van der Waals surface area contributed by atoms with Crippen LogP contribution in [-0.2, 0) is 20.4 Å². The lowest BCUT2D eigenvalue weighted by atomic mass is 9.81. The van der Waals surface area contributed by atoms with E-state index in [-0.39, 0.29) is 10.8 Å². The number of benzene rings is 2. The second kappa shape index (κ2) is 19.8. The molecule has 4 rings (SSSR count). The van der Waals surface area contributed by atoms with Crippen molar-refractivity contribution in [1.29, 1.82) is 0 Å². The van der Waals surface area contributed by atoms with Crippen molar-refractivity contribution in [1.82, 2.24) is 0 Å². The molecule has 0 saturated carbocycles. The van der Waals surface area contributed by atoms with Gasteiger partial charge in [0.05, 0.1) is 5.41 Å². The predicted molar refractivity (Wildman–Crippen MR) is 212 cm³/mol. The van der Waals surface area contributed by atoms with Crippen molar-refractivity contribution in [3.05, 3.63) is 83.6 Å². The van der Waals surface area contributed by atoms with E-state index < -0.39 is 11.9 Å². The summed E-state index contributed by atoms with van der Waals surface area (Å²) in [6, 6.07) is 17.8. The van der Waals surface area contributed by atoms with Crippen LogP contribution in [0, 0.1) is 0 Å². The Morgan fingerprint density at radius 3 is 1.71 bits per heavy atom. The predicted octanol–water partition coefficient (Wildman–Crippen LogP) is 11.5. The van der Waals surface area contributed by atoms with Crippen LogP contribution in [0.5, 0.6) is 0 Å². The maximum Gasteiger partial charge on any atom is 0.303 e. The Hall–Kier alpha value is -3.67. The fraction of sp³-hybridized carbons (Fsp3) is 0.578. The van der Waals surface area contributed by atoms with Gasteiger partial charge in [-0.15, -0.1) is 0 Å². The average Bonchev–Trinajstić information content (AvgIpc) is 3.44. The van der Waals surface area contributed by atoms with Gasteiger partial charge in [-0.2, -0.15) is 4.58 Å². The normalized spacial score (nSPS) is 16.7. The Morgan fingerprint density at radius 2 is 1.12 bits per heavy atom. The molecule has 0 radical (unpaired) electrons. The second-order valence-corrected chi connectivity index (χ2v) is 15.8. The Balaban J connectivity index is 1.39. The van der Waals surface area contributed by atoms with Crippen LogP contribution in [0.15, 0.2) is 72.5 Å². The minimum Gasteiger partial charge on any atom is -0.481 e. The number of rotatable bonds is 24. The summed E-state index contributed by atoms with van der Waals surface area (Å²) >= 11 is 0. The number of fused-ring (bicyclic) bond motifs is 2. The third-order valence-corrected chi connectivity index (χ3v) is 11.2.